The first-order valence-corrected chi connectivity index (χ1v) is 7.57. The lowest BCUT2D eigenvalue weighted by Crippen LogP contribution is -2.26. The summed E-state index contributed by atoms with van der Waals surface area (Å²) in [5.41, 5.74) is 12.8. The first-order chi connectivity index (χ1) is 12.3. The van der Waals surface area contributed by atoms with E-state index in [0.717, 1.165) is 0 Å². The predicted molar refractivity (Wildman–Crippen MR) is 94.1 cm³/mol. The molecule has 10 heteroatoms. The first kappa shape index (κ1) is 17.1. The van der Waals surface area contributed by atoms with Gasteiger partial charge in [-0.15, -0.1) is 0 Å². The molecule has 0 fully saturated rings. The van der Waals surface area contributed by atoms with E-state index in [1.807, 2.05) is 0 Å². The number of nitrogens with one attached hydrogen (secondary N) is 1. The van der Waals surface area contributed by atoms with E-state index < -0.39 is 16.8 Å². The highest BCUT2D eigenvalue weighted by Crippen LogP contribution is 2.46. The van der Waals surface area contributed by atoms with Crippen molar-refractivity contribution in [2.45, 2.75) is 12.8 Å². The molecule has 0 aliphatic carbocycles. The maximum atomic E-state index is 12.4. The third kappa shape index (κ3) is 2.66. The molecule has 1 aliphatic rings. The van der Waals surface area contributed by atoms with Crippen LogP contribution in [0.1, 0.15) is 24.0 Å². The molecular formula is C16H16N6O4. The molecule has 0 bridgehead atoms. The molecule has 26 heavy (non-hydrogen) atoms. The van der Waals surface area contributed by atoms with E-state index in [9.17, 15) is 14.9 Å². The number of allylic oxidation sites excluding steroid dienone is 1. The molecule has 0 saturated carbocycles. The Balaban J connectivity index is 2.36. The van der Waals surface area contributed by atoms with Crippen LogP contribution in [-0.2, 0) is 9.53 Å². The van der Waals surface area contributed by atoms with Gasteiger partial charge < -0.3 is 21.5 Å². The molecule has 0 amide bonds. The number of nitrogens with zero attached hydrogens (tertiary/aromatic N) is 3. The third-order valence-corrected chi connectivity index (χ3v) is 4.13. The van der Waals surface area contributed by atoms with Crippen LogP contribution in [0, 0.1) is 10.1 Å². The molecule has 1 unspecified atom stereocenters. The second-order valence-corrected chi connectivity index (χ2v) is 5.63. The van der Waals surface area contributed by atoms with Crippen molar-refractivity contribution in [3.05, 3.63) is 56.8 Å². The Morgan fingerprint density at radius 2 is 2.00 bits per heavy atom. The molecule has 3 rings (SSSR count). The van der Waals surface area contributed by atoms with Gasteiger partial charge >= 0.3 is 5.97 Å². The molecule has 1 aliphatic heterocycles. The second kappa shape index (κ2) is 6.31. The third-order valence-electron chi connectivity index (χ3n) is 4.13. The molecule has 1 aromatic heterocycles. The van der Waals surface area contributed by atoms with Crippen LogP contribution in [0.3, 0.4) is 0 Å². The molecule has 0 radical (unpaired) electrons. The number of ether oxygens (including phenoxy) is 1. The van der Waals surface area contributed by atoms with Crippen LogP contribution in [0.2, 0.25) is 0 Å². The number of rotatable bonds is 3. The summed E-state index contributed by atoms with van der Waals surface area (Å²) < 4.78 is 4.88. The van der Waals surface area contributed by atoms with Crippen molar-refractivity contribution in [3.8, 4) is 0 Å². The van der Waals surface area contributed by atoms with E-state index in [-0.39, 0.29) is 28.6 Å². The van der Waals surface area contributed by atoms with Crippen LogP contribution in [0.5, 0.6) is 0 Å². The smallest absolute Gasteiger partial charge is 0.336 e. The fourth-order valence-electron chi connectivity index (χ4n) is 3.08. The lowest BCUT2D eigenvalue weighted by molar-refractivity contribution is -0.385. The maximum Gasteiger partial charge on any atom is 0.336 e. The summed E-state index contributed by atoms with van der Waals surface area (Å²) in [5, 5.41) is 14.5. The number of fused-ring (bicyclic) bond motifs is 1. The van der Waals surface area contributed by atoms with Crippen molar-refractivity contribution in [1.29, 1.82) is 0 Å². The fourth-order valence-corrected chi connectivity index (χ4v) is 3.08. The lowest BCUT2D eigenvalue weighted by Gasteiger charge is -2.29. The van der Waals surface area contributed by atoms with Gasteiger partial charge in [0.05, 0.1) is 23.5 Å². The van der Waals surface area contributed by atoms with Crippen LogP contribution in [0.4, 0.5) is 23.3 Å². The number of nitro benzene ring substituents is 1. The normalized spacial score (nSPS) is 15.8. The minimum Gasteiger partial charge on any atom is -0.466 e. The Morgan fingerprint density at radius 1 is 1.31 bits per heavy atom. The summed E-state index contributed by atoms with van der Waals surface area (Å²) in [6.45, 7) is 1.64. The van der Waals surface area contributed by atoms with E-state index >= 15 is 0 Å². The molecule has 5 N–H and O–H groups in total. The Morgan fingerprint density at radius 3 is 2.65 bits per heavy atom. The molecule has 2 aromatic rings. The highest BCUT2D eigenvalue weighted by molar-refractivity contribution is 5.95. The number of para-hydroxylation sites is 1. The summed E-state index contributed by atoms with van der Waals surface area (Å²) in [6.07, 6.45) is 0. The Hall–Kier alpha value is -3.69. The Kier molecular flexibility index (Phi) is 4.16. The number of methoxy groups -OCH3 is 1. The van der Waals surface area contributed by atoms with Crippen LogP contribution < -0.4 is 16.8 Å². The zero-order valence-electron chi connectivity index (χ0n) is 14.0. The Labute approximate surface area is 148 Å². The first-order valence-electron chi connectivity index (χ1n) is 7.57. The molecule has 1 aromatic carbocycles. The number of nitrogen functional groups attached to an aromatic ring is 2. The van der Waals surface area contributed by atoms with Crippen molar-refractivity contribution >= 4 is 29.2 Å². The zero-order valence-corrected chi connectivity index (χ0v) is 14.0. The van der Waals surface area contributed by atoms with Crippen LogP contribution >= 0.6 is 0 Å². The van der Waals surface area contributed by atoms with E-state index in [2.05, 4.69) is 15.3 Å². The molecule has 0 spiro atoms. The molecule has 134 valence electrons. The topological polar surface area (TPSA) is 159 Å². The van der Waals surface area contributed by atoms with Crippen molar-refractivity contribution in [2.24, 2.45) is 0 Å². The number of hydrogen-bond donors (Lipinski definition) is 3. The highest BCUT2D eigenvalue weighted by Gasteiger charge is 2.39. The summed E-state index contributed by atoms with van der Waals surface area (Å²) in [6, 6.07) is 6.10. The summed E-state index contributed by atoms with van der Waals surface area (Å²) in [4.78, 5) is 31.5. The van der Waals surface area contributed by atoms with E-state index in [1.54, 1.807) is 25.1 Å². The average molecular weight is 356 g/mol. The largest absolute Gasteiger partial charge is 0.466 e. The van der Waals surface area contributed by atoms with Crippen LogP contribution in [0.15, 0.2) is 35.5 Å². The molecule has 0 saturated heterocycles. The number of anilines is 3. The van der Waals surface area contributed by atoms with Gasteiger partial charge in [-0.1, -0.05) is 18.2 Å². The maximum absolute atomic E-state index is 12.4. The SMILES string of the molecule is COC(=O)C1=C(C)Nc2nc(N)nc(N)c2C1c1ccccc1[N+](=O)[O-]. The number of aromatic nitrogens is 2. The number of nitrogens with two attached hydrogens (primary N) is 2. The fraction of sp³-hybridized carbons (Fsp3) is 0.188. The van der Waals surface area contributed by atoms with Gasteiger partial charge in [-0.3, -0.25) is 10.1 Å². The van der Waals surface area contributed by atoms with Gasteiger partial charge in [0, 0.05) is 22.9 Å². The number of nitro groups is 1. The van der Waals surface area contributed by atoms with Crippen molar-refractivity contribution in [1.82, 2.24) is 9.97 Å². The molecule has 1 atom stereocenters. The van der Waals surface area contributed by atoms with Gasteiger partial charge in [0.15, 0.2) is 0 Å². The van der Waals surface area contributed by atoms with E-state index in [1.165, 1.54) is 13.2 Å². The van der Waals surface area contributed by atoms with Gasteiger partial charge in [-0.25, -0.2) is 4.79 Å². The van der Waals surface area contributed by atoms with Gasteiger partial charge in [-0.05, 0) is 6.92 Å². The minimum absolute atomic E-state index is 0.0251. The minimum atomic E-state index is -0.874. The van der Waals surface area contributed by atoms with E-state index in [4.69, 9.17) is 16.2 Å². The lowest BCUT2D eigenvalue weighted by atomic mass is 9.81. The van der Waals surface area contributed by atoms with Crippen LogP contribution in [-0.4, -0.2) is 28.0 Å². The summed E-state index contributed by atoms with van der Waals surface area (Å²) >= 11 is 0. The standard InChI is InChI=1S/C16H16N6O4/c1-7-10(15(23)26-2)11(8-5-3-4-6-9(8)22(24)25)12-13(17)20-16(18)21-14(12)19-7/h3-6,11H,1-2H3,(H5,17,18,19,20,21). The zero-order chi connectivity index (χ0) is 19.0. The predicted octanol–water partition coefficient (Wildman–Crippen LogP) is 1.55. The highest BCUT2D eigenvalue weighted by atomic mass is 16.6. The van der Waals surface area contributed by atoms with E-state index in [0.29, 0.717) is 17.1 Å². The van der Waals surface area contributed by atoms with Gasteiger partial charge in [0.2, 0.25) is 5.95 Å². The summed E-state index contributed by atoms with van der Waals surface area (Å²) in [5.74, 6) is -1.24. The van der Waals surface area contributed by atoms with Gasteiger partial charge in [0.25, 0.3) is 5.69 Å². The number of benzene rings is 1. The number of carbonyl (C=O) groups excluding carboxylic acids is 1. The molecular weight excluding hydrogens is 340 g/mol. The molecule has 10 nitrogen and oxygen atoms in total. The van der Waals surface area contributed by atoms with Gasteiger partial charge in [0.1, 0.15) is 11.6 Å². The van der Waals surface area contributed by atoms with Gasteiger partial charge in [-0.2, -0.15) is 9.97 Å². The Bertz CT molecular complexity index is 956. The number of hydrogen-bond acceptors (Lipinski definition) is 9. The van der Waals surface area contributed by atoms with Crippen LogP contribution in [0.25, 0.3) is 0 Å². The quantitative estimate of drug-likeness (QED) is 0.421. The number of esters is 1. The van der Waals surface area contributed by atoms with Crippen molar-refractivity contribution in [3.63, 3.8) is 0 Å². The monoisotopic (exact) mass is 356 g/mol. The molecule has 2 heterocycles. The second-order valence-electron chi connectivity index (χ2n) is 5.63. The van der Waals surface area contributed by atoms with Crippen molar-refractivity contribution < 1.29 is 14.5 Å². The average Bonchev–Trinajstić information content (AvgIpc) is 2.59. The summed E-state index contributed by atoms with van der Waals surface area (Å²) in [7, 11) is 1.23. The van der Waals surface area contributed by atoms with Crippen molar-refractivity contribution in [2.75, 3.05) is 23.9 Å². The number of carbonyl (C=O) groups is 1.